The second-order valence-electron chi connectivity index (χ2n) is 5.52. The van der Waals surface area contributed by atoms with Crippen molar-refractivity contribution in [3.8, 4) is 5.75 Å². The standard InChI is InChI=1S/C18H22N2OS/c1-12(2)14-7-5-6-8-15(14)19-18(22)20-16-11-13(3)9-10-17(16)21-4/h5-12H,1-4H3,(H2,19,20,22). The van der Waals surface area contributed by atoms with E-state index in [-0.39, 0.29) is 0 Å². The summed E-state index contributed by atoms with van der Waals surface area (Å²) in [7, 11) is 1.65. The fraction of sp³-hybridized carbons (Fsp3) is 0.278. The van der Waals surface area contributed by atoms with Crippen molar-refractivity contribution in [2.45, 2.75) is 26.7 Å². The molecule has 0 amide bonds. The number of para-hydroxylation sites is 1. The molecule has 2 N–H and O–H groups in total. The normalized spacial score (nSPS) is 10.4. The fourth-order valence-electron chi connectivity index (χ4n) is 2.31. The van der Waals surface area contributed by atoms with Crippen molar-refractivity contribution in [2.24, 2.45) is 0 Å². The van der Waals surface area contributed by atoms with Gasteiger partial charge >= 0.3 is 0 Å². The van der Waals surface area contributed by atoms with E-state index in [1.807, 2.05) is 43.3 Å². The summed E-state index contributed by atoms with van der Waals surface area (Å²) in [4.78, 5) is 0. The molecule has 0 atom stereocenters. The predicted molar refractivity (Wildman–Crippen MR) is 98.1 cm³/mol. The summed E-state index contributed by atoms with van der Waals surface area (Å²) < 4.78 is 5.36. The maximum absolute atomic E-state index is 5.44. The SMILES string of the molecule is COc1ccc(C)cc1NC(=S)Nc1ccccc1C(C)C. The quantitative estimate of drug-likeness (QED) is 0.784. The molecule has 2 aromatic rings. The third-order valence-corrected chi connectivity index (χ3v) is 3.64. The number of rotatable bonds is 4. The molecule has 22 heavy (non-hydrogen) atoms. The first-order valence-electron chi connectivity index (χ1n) is 7.33. The van der Waals surface area contributed by atoms with Crippen LogP contribution in [0.25, 0.3) is 0 Å². The van der Waals surface area contributed by atoms with Crippen LogP contribution in [-0.4, -0.2) is 12.2 Å². The van der Waals surface area contributed by atoms with Gasteiger partial charge in [0.1, 0.15) is 5.75 Å². The number of thiocarbonyl (C=S) groups is 1. The number of benzene rings is 2. The molecule has 4 heteroatoms. The van der Waals surface area contributed by atoms with Crippen LogP contribution in [0.15, 0.2) is 42.5 Å². The maximum Gasteiger partial charge on any atom is 0.175 e. The lowest BCUT2D eigenvalue weighted by molar-refractivity contribution is 0.417. The Kier molecular flexibility index (Phi) is 5.39. The van der Waals surface area contributed by atoms with Crippen LogP contribution >= 0.6 is 12.2 Å². The summed E-state index contributed by atoms with van der Waals surface area (Å²) >= 11 is 5.44. The lowest BCUT2D eigenvalue weighted by atomic mass is 10.0. The zero-order valence-electron chi connectivity index (χ0n) is 13.4. The lowest BCUT2D eigenvalue weighted by Crippen LogP contribution is -2.20. The van der Waals surface area contributed by atoms with Crippen LogP contribution in [-0.2, 0) is 0 Å². The Bertz CT molecular complexity index is 668. The Morgan fingerprint density at radius 1 is 1.05 bits per heavy atom. The molecule has 0 aliphatic heterocycles. The van der Waals surface area contributed by atoms with Gasteiger partial charge in [-0.25, -0.2) is 0 Å². The molecule has 0 heterocycles. The zero-order chi connectivity index (χ0) is 16.1. The van der Waals surface area contributed by atoms with Crippen LogP contribution in [0.2, 0.25) is 0 Å². The van der Waals surface area contributed by atoms with Crippen molar-refractivity contribution < 1.29 is 4.74 Å². The first kappa shape index (κ1) is 16.3. The minimum absolute atomic E-state index is 0.431. The van der Waals surface area contributed by atoms with Crippen LogP contribution in [0.3, 0.4) is 0 Å². The molecule has 0 aromatic heterocycles. The highest BCUT2D eigenvalue weighted by Crippen LogP contribution is 2.27. The number of ether oxygens (including phenoxy) is 1. The molecule has 0 unspecified atom stereocenters. The molecule has 0 radical (unpaired) electrons. The molecule has 0 aliphatic carbocycles. The van der Waals surface area contributed by atoms with Gasteiger partial charge in [0, 0.05) is 5.69 Å². The van der Waals surface area contributed by atoms with E-state index >= 15 is 0 Å². The number of hydrogen-bond acceptors (Lipinski definition) is 2. The summed E-state index contributed by atoms with van der Waals surface area (Å²) in [5.74, 6) is 1.20. The van der Waals surface area contributed by atoms with Crippen LogP contribution in [0.5, 0.6) is 5.75 Å². The van der Waals surface area contributed by atoms with E-state index in [4.69, 9.17) is 17.0 Å². The lowest BCUT2D eigenvalue weighted by Gasteiger charge is -2.17. The van der Waals surface area contributed by atoms with Gasteiger partial charge in [0.2, 0.25) is 0 Å². The summed E-state index contributed by atoms with van der Waals surface area (Å²) in [5, 5.41) is 7.04. The Morgan fingerprint density at radius 3 is 2.41 bits per heavy atom. The molecular formula is C18H22N2OS. The number of hydrogen-bond donors (Lipinski definition) is 2. The molecule has 0 fully saturated rings. The topological polar surface area (TPSA) is 33.3 Å². The number of anilines is 2. The van der Waals surface area contributed by atoms with Gasteiger partial charge in [0.15, 0.2) is 5.11 Å². The van der Waals surface area contributed by atoms with E-state index in [1.54, 1.807) is 7.11 Å². The van der Waals surface area contributed by atoms with Crippen LogP contribution in [0, 0.1) is 6.92 Å². The summed E-state index contributed by atoms with van der Waals surface area (Å²) in [6.07, 6.45) is 0. The van der Waals surface area contributed by atoms with Crippen molar-refractivity contribution in [3.05, 3.63) is 53.6 Å². The predicted octanol–water partition coefficient (Wildman–Crippen LogP) is 4.94. The Hall–Kier alpha value is -2.07. The molecule has 0 aliphatic rings. The van der Waals surface area contributed by atoms with E-state index in [1.165, 1.54) is 5.56 Å². The van der Waals surface area contributed by atoms with Gasteiger partial charge in [-0.3, -0.25) is 0 Å². The highest BCUT2D eigenvalue weighted by molar-refractivity contribution is 7.80. The zero-order valence-corrected chi connectivity index (χ0v) is 14.3. The minimum Gasteiger partial charge on any atom is -0.495 e. The third kappa shape index (κ3) is 3.98. The Labute approximate surface area is 137 Å². The second-order valence-corrected chi connectivity index (χ2v) is 5.93. The van der Waals surface area contributed by atoms with Crippen molar-refractivity contribution in [2.75, 3.05) is 17.7 Å². The molecule has 2 aromatic carbocycles. The molecular weight excluding hydrogens is 292 g/mol. The second kappa shape index (κ2) is 7.27. The van der Waals surface area contributed by atoms with Gasteiger partial charge in [-0.1, -0.05) is 38.1 Å². The maximum atomic E-state index is 5.44. The molecule has 2 rings (SSSR count). The highest BCUT2D eigenvalue weighted by Gasteiger charge is 2.09. The smallest absolute Gasteiger partial charge is 0.175 e. The summed E-state index contributed by atoms with van der Waals surface area (Å²) in [5.41, 5.74) is 4.28. The van der Waals surface area contributed by atoms with E-state index in [9.17, 15) is 0 Å². The highest BCUT2D eigenvalue weighted by atomic mass is 32.1. The largest absolute Gasteiger partial charge is 0.495 e. The van der Waals surface area contributed by atoms with E-state index in [0.29, 0.717) is 11.0 Å². The fourth-order valence-corrected chi connectivity index (χ4v) is 2.53. The molecule has 0 bridgehead atoms. The van der Waals surface area contributed by atoms with Gasteiger partial charge in [-0.05, 0) is 54.4 Å². The van der Waals surface area contributed by atoms with Crippen LogP contribution < -0.4 is 15.4 Å². The van der Waals surface area contributed by atoms with Crippen molar-refractivity contribution in [1.29, 1.82) is 0 Å². The summed E-state index contributed by atoms with van der Waals surface area (Å²) in [6.45, 7) is 6.37. The molecule has 0 saturated heterocycles. The van der Waals surface area contributed by atoms with Gasteiger partial charge in [-0.2, -0.15) is 0 Å². The van der Waals surface area contributed by atoms with Gasteiger partial charge in [0.25, 0.3) is 0 Å². The molecule has 0 saturated carbocycles. The van der Waals surface area contributed by atoms with Crippen LogP contribution in [0.4, 0.5) is 11.4 Å². The first-order valence-corrected chi connectivity index (χ1v) is 7.73. The average Bonchev–Trinajstić information content (AvgIpc) is 2.47. The van der Waals surface area contributed by atoms with E-state index in [2.05, 4.69) is 30.5 Å². The summed E-state index contributed by atoms with van der Waals surface area (Å²) in [6, 6.07) is 14.2. The number of aryl methyl sites for hydroxylation is 1. The Balaban J connectivity index is 2.16. The molecule has 0 spiro atoms. The van der Waals surface area contributed by atoms with Crippen molar-refractivity contribution >= 4 is 28.7 Å². The monoisotopic (exact) mass is 314 g/mol. The van der Waals surface area contributed by atoms with Crippen LogP contribution in [0.1, 0.15) is 30.9 Å². The molecule has 3 nitrogen and oxygen atoms in total. The minimum atomic E-state index is 0.431. The van der Waals surface area contributed by atoms with Crippen molar-refractivity contribution in [1.82, 2.24) is 0 Å². The van der Waals surface area contributed by atoms with E-state index < -0.39 is 0 Å². The van der Waals surface area contributed by atoms with Gasteiger partial charge < -0.3 is 15.4 Å². The Morgan fingerprint density at radius 2 is 1.73 bits per heavy atom. The third-order valence-electron chi connectivity index (χ3n) is 3.43. The number of nitrogens with one attached hydrogen (secondary N) is 2. The van der Waals surface area contributed by atoms with E-state index in [0.717, 1.165) is 22.7 Å². The van der Waals surface area contributed by atoms with Gasteiger partial charge in [0.05, 0.1) is 12.8 Å². The first-order chi connectivity index (χ1) is 10.5. The average molecular weight is 314 g/mol. The number of methoxy groups -OCH3 is 1. The molecule has 116 valence electrons. The van der Waals surface area contributed by atoms with Crippen molar-refractivity contribution in [3.63, 3.8) is 0 Å². The van der Waals surface area contributed by atoms with Gasteiger partial charge in [-0.15, -0.1) is 0 Å².